The minimum atomic E-state index is -0.582. The Labute approximate surface area is 83.5 Å². The highest BCUT2D eigenvalue weighted by atomic mass is 35.5. The van der Waals surface area contributed by atoms with Crippen LogP contribution in [-0.4, -0.2) is 15.1 Å². The Balaban J connectivity index is 2.67. The normalized spacial score (nSPS) is 10.4. The van der Waals surface area contributed by atoms with Crippen LogP contribution < -0.4 is 0 Å². The predicted octanol–water partition coefficient (Wildman–Crippen LogP) is 2.19. The average Bonchev–Trinajstić information content (AvgIpc) is 2.16. The molecule has 0 aliphatic carbocycles. The van der Waals surface area contributed by atoms with Crippen molar-refractivity contribution in [2.45, 2.75) is 0 Å². The maximum atomic E-state index is 10.4. The number of hydrogen-bond donors (Lipinski definition) is 0. The van der Waals surface area contributed by atoms with E-state index in [4.69, 9.17) is 11.6 Å². The summed E-state index contributed by atoms with van der Waals surface area (Å²) in [6.07, 6.45) is 0. The van der Waals surface area contributed by atoms with Gasteiger partial charge in [0.25, 0.3) is 0 Å². The summed E-state index contributed by atoms with van der Waals surface area (Å²) in [5.74, 6) is -0.264. The van der Waals surface area contributed by atoms with E-state index in [-0.39, 0.29) is 5.82 Å². The average molecular weight is 210 g/mol. The Morgan fingerprint density at radius 1 is 1.29 bits per heavy atom. The summed E-state index contributed by atoms with van der Waals surface area (Å²) < 4.78 is 0. The Bertz CT molecular complexity index is 515. The zero-order valence-electron chi connectivity index (χ0n) is 6.85. The molecule has 0 atom stereocenters. The van der Waals surface area contributed by atoms with Crippen molar-refractivity contribution >= 4 is 28.3 Å². The summed E-state index contributed by atoms with van der Waals surface area (Å²) in [4.78, 5) is 9.81. The molecule has 2 aromatic rings. The van der Waals surface area contributed by atoms with Gasteiger partial charge < -0.3 is 10.1 Å². The largest absolute Gasteiger partial charge is 0.391 e. The van der Waals surface area contributed by atoms with Crippen LogP contribution in [0.2, 0.25) is 5.02 Å². The lowest BCUT2D eigenvalue weighted by Crippen LogP contribution is -1.94. The summed E-state index contributed by atoms with van der Waals surface area (Å²) in [7, 11) is 0. The van der Waals surface area contributed by atoms with Crippen LogP contribution in [0.3, 0.4) is 0 Å². The molecule has 6 heteroatoms. The fourth-order valence-corrected chi connectivity index (χ4v) is 1.25. The second-order valence-corrected chi connectivity index (χ2v) is 3.10. The van der Waals surface area contributed by atoms with Crippen LogP contribution in [0.1, 0.15) is 0 Å². The Morgan fingerprint density at radius 3 is 2.79 bits per heavy atom. The summed E-state index contributed by atoms with van der Waals surface area (Å²) >= 11 is 5.72. The van der Waals surface area contributed by atoms with Crippen LogP contribution in [0, 0.1) is 10.1 Å². The molecular weight excluding hydrogens is 206 g/mol. The van der Waals surface area contributed by atoms with E-state index in [0.717, 1.165) is 0 Å². The zero-order chi connectivity index (χ0) is 10.1. The minimum Gasteiger partial charge on any atom is -0.358 e. The molecule has 5 nitrogen and oxygen atoms in total. The van der Waals surface area contributed by atoms with Crippen molar-refractivity contribution in [1.29, 1.82) is 0 Å². The maximum Gasteiger partial charge on any atom is 0.391 e. The molecule has 1 aromatic heterocycles. The lowest BCUT2D eigenvalue weighted by molar-refractivity contribution is -0.390. The Morgan fingerprint density at radius 2 is 2.07 bits per heavy atom. The number of halogens is 1. The molecule has 0 saturated carbocycles. The number of nitro groups is 1. The maximum absolute atomic E-state index is 10.4. The minimum absolute atomic E-state index is 0.264. The molecule has 0 spiro atoms. The van der Waals surface area contributed by atoms with Crippen LogP contribution in [0.25, 0.3) is 10.9 Å². The molecule has 0 aliphatic rings. The third-order valence-corrected chi connectivity index (χ3v) is 1.96. The summed E-state index contributed by atoms with van der Waals surface area (Å²) in [6, 6.07) is 6.28. The molecule has 0 bridgehead atoms. The highest BCUT2D eigenvalue weighted by Crippen LogP contribution is 2.19. The van der Waals surface area contributed by atoms with E-state index >= 15 is 0 Å². The number of nitrogens with zero attached hydrogens (tertiary/aromatic N) is 3. The Hall–Kier alpha value is -1.75. The first-order chi connectivity index (χ1) is 6.66. The van der Waals surface area contributed by atoms with Gasteiger partial charge in [0.2, 0.25) is 0 Å². The smallest absolute Gasteiger partial charge is 0.358 e. The van der Waals surface area contributed by atoms with Crippen molar-refractivity contribution in [1.82, 2.24) is 10.2 Å². The standard InChI is InChI=1S/C8H4ClN3O2/c9-6-2-1-5-3-8(12(13)14)11-10-7(5)4-6/h1-4H. The van der Waals surface area contributed by atoms with Crippen LogP contribution >= 0.6 is 11.6 Å². The molecule has 0 fully saturated rings. The van der Waals surface area contributed by atoms with Gasteiger partial charge in [0, 0.05) is 16.5 Å². The molecule has 0 radical (unpaired) electrons. The van der Waals surface area contributed by atoms with E-state index in [2.05, 4.69) is 10.2 Å². The summed E-state index contributed by atoms with van der Waals surface area (Å²) in [5.41, 5.74) is 0.545. The number of rotatable bonds is 1. The van der Waals surface area contributed by atoms with Crippen molar-refractivity contribution in [3.8, 4) is 0 Å². The van der Waals surface area contributed by atoms with E-state index in [0.29, 0.717) is 15.9 Å². The Kier molecular flexibility index (Phi) is 2.01. The second kappa shape index (κ2) is 3.19. The second-order valence-electron chi connectivity index (χ2n) is 2.66. The predicted molar refractivity (Wildman–Crippen MR) is 51.2 cm³/mol. The van der Waals surface area contributed by atoms with E-state index < -0.39 is 4.92 Å². The lowest BCUT2D eigenvalue weighted by atomic mass is 10.2. The zero-order valence-corrected chi connectivity index (χ0v) is 7.60. The molecule has 0 N–H and O–H groups in total. The molecule has 14 heavy (non-hydrogen) atoms. The molecule has 2 rings (SSSR count). The van der Waals surface area contributed by atoms with Crippen molar-refractivity contribution in [2.24, 2.45) is 0 Å². The van der Waals surface area contributed by atoms with Gasteiger partial charge in [0.15, 0.2) is 0 Å². The first-order valence-corrected chi connectivity index (χ1v) is 4.12. The number of benzene rings is 1. The summed E-state index contributed by atoms with van der Waals surface area (Å²) in [6.45, 7) is 0. The molecule has 0 saturated heterocycles. The molecule has 0 aliphatic heterocycles. The van der Waals surface area contributed by atoms with E-state index in [1.54, 1.807) is 18.2 Å². The monoisotopic (exact) mass is 209 g/mol. The van der Waals surface area contributed by atoms with Gasteiger partial charge in [-0.05, 0) is 22.2 Å². The number of hydrogen-bond acceptors (Lipinski definition) is 4. The van der Waals surface area contributed by atoms with Gasteiger partial charge in [0.05, 0.1) is 5.10 Å². The summed E-state index contributed by atoms with van der Waals surface area (Å²) in [5, 5.41) is 18.7. The molecule has 1 aromatic carbocycles. The fraction of sp³-hybridized carbons (Fsp3) is 0. The molecule has 0 amide bonds. The third kappa shape index (κ3) is 1.49. The molecule has 0 unspecified atom stereocenters. The van der Waals surface area contributed by atoms with Crippen LogP contribution in [0.15, 0.2) is 24.3 Å². The van der Waals surface area contributed by atoms with Gasteiger partial charge >= 0.3 is 5.82 Å². The van der Waals surface area contributed by atoms with Gasteiger partial charge in [-0.2, -0.15) is 0 Å². The third-order valence-electron chi connectivity index (χ3n) is 1.72. The fourth-order valence-electron chi connectivity index (χ4n) is 1.09. The molecular formula is C8H4ClN3O2. The van der Waals surface area contributed by atoms with Crippen molar-refractivity contribution in [3.63, 3.8) is 0 Å². The quantitative estimate of drug-likeness (QED) is 0.533. The SMILES string of the molecule is O=[N+]([O-])c1cc2ccc(Cl)cc2nn1. The highest BCUT2D eigenvalue weighted by molar-refractivity contribution is 6.31. The highest BCUT2D eigenvalue weighted by Gasteiger charge is 2.09. The van der Waals surface area contributed by atoms with E-state index in [1.165, 1.54) is 6.07 Å². The lowest BCUT2D eigenvalue weighted by Gasteiger charge is -1.94. The van der Waals surface area contributed by atoms with Crippen molar-refractivity contribution in [3.05, 3.63) is 39.4 Å². The van der Waals surface area contributed by atoms with Gasteiger partial charge in [-0.25, -0.2) is 0 Å². The van der Waals surface area contributed by atoms with Gasteiger partial charge in [-0.15, -0.1) is 0 Å². The van der Waals surface area contributed by atoms with Gasteiger partial charge in [-0.3, -0.25) is 0 Å². The van der Waals surface area contributed by atoms with E-state index in [9.17, 15) is 10.1 Å². The van der Waals surface area contributed by atoms with Gasteiger partial charge in [0.1, 0.15) is 5.52 Å². The topological polar surface area (TPSA) is 68.9 Å². The number of fused-ring (bicyclic) bond motifs is 1. The van der Waals surface area contributed by atoms with Crippen LogP contribution in [0.5, 0.6) is 0 Å². The van der Waals surface area contributed by atoms with Crippen molar-refractivity contribution in [2.75, 3.05) is 0 Å². The van der Waals surface area contributed by atoms with Crippen molar-refractivity contribution < 1.29 is 4.92 Å². The molecule has 1 heterocycles. The van der Waals surface area contributed by atoms with E-state index in [1.807, 2.05) is 0 Å². The van der Waals surface area contributed by atoms with Gasteiger partial charge in [-0.1, -0.05) is 17.7 Å². The van der Waals surface area contributed by atoms with Crippen LogP contribution in [0.4, 0.5) is 5.82 Å². The number of aromatic nitrogens is 2. The van der Waals surface area contributed by atoms with Crippen LogP contribution in [-0.2, 0) is 0 Å². The molecule has 70 valence electrons. The first-order valence-electron chi connectivity index (χ1n) is 3.74. The first kappa shape index (κ1) is 8.83.